The van der Waals surface area contributed by atoms with E-state index in [1.54, 1.807) is 12.1 Å². The van der Waals surface area contributed by atoms with Crippen LogP contribution in [0.15, 0.2) is 24.3 Å². The molecule has 8 heteroatoms. The molecule has 0 spiro atoms. The first-order valence-electron chi connectivity index (χ1n) is 5.72. The molecule has 1 heterocycles. The molecule has 1 fully saturated rings. The van der Waals surface area contributed by atoms with E-state index in [0.29, 0.717) is 11.1 Å². The molecule has 1 aliphatic rings. The predicted octanol–water partition coefficient (Wildman–Crippen LogP) is 0.985. The fourth-order valence-electron chi connectivity index (χ4n) is 1.79. The van der Waals surface area contributed by atoms with Crippen LogP contribution in [-0.2, 0) is 19.0 Å². The molecule has 0 aliphatic carbocycles. The van der Waals surface area contributed by atoms with Crippen molar-refractivity contribution in [3.05, 3.63) is 35.4 Å². The molecule has 106 valence electrons. The second-order valence-corrected chi connectivity index (χ2v) is 5.79. The Morgan fingerprint density at radius 3 is 2.50 bits per heavy atom. The van der Waals surface area contributed by atoms with Crippen LogP contribution in [-0.4, -0.2) is 38.8 Å². The molecule has 1 aromatic rings. The lowest BCUT2D eigenvalue weighted by molar-refractivity contribution is 0.0627. The van der Waals surface area contributed by atoms with Gasteiger partial charge in [-0.1, -0.05) is 12.1 Å². The zero-order valence-corrected chi connectivity index (χ0v) is 11.5. The maximum Gasteiger partial charge on any atom is 0.412 e. The monoisotopic (exact) mass is 296 g/mol. The highest BCUT2D eigenvalue weighted by molar-refractivity contribution is 7.86. The summed E-state index contributed by atoms with van der Waals surface area (Å²) in [5.74, 6) is 0. The van der Waals surface area contributed by atoms with Crippen molar-refractivity contribution in [2.45, 2.75) is 6.23 Å². The lowest BCUT2D eigenvalue weighted by Gasteiger charge is -2.24. The van der Waals surface area contributed by atoms with E-state index in [2.05, 4.69) is 0 Å². The molecule has 20 heavy (non-hydrogen) atoms. The zero-order chi connectivity index (χ0) is 14.8. The number of benzene rings is 1. The van der Waals surface area contributed by atoms with Crippen molar-refractivity contribution in [1.29, 1.82) is 5.26 Å². The second-order valence-electron chi connectivity index (χ2n) is 4.19. The number of nitriles is 1. The summed E-state index contributed by atoms with van der Waals surface area (Å²) < 4.78 is 32.4. The van der Waals surface area contributed by atoms with Gasteiger partial charge in [-0.15, -0.1) is 0 Å². The van der Waals surface area contributed by atoms with Crippen molar-refractivity contribution < 1.29 is 22.1 Å². The SMILES string of the molecule is CS(=O)(=O)O[C@H](c1ccc(C#N)cc1)N1CCOC1=O. The molecular weight excluding hydrogens is 284 g/mol. The third-order valence-corrected chi connectivity index (χ3v) is 3.20. The van der Waals surface area contributed by atoms with Crippen LogP contribution in [0.4, 0.5) is 4.79 Å². The van der Waals surface area contributed by atoms with Gasteiger partial charge in [0.2, 0.25) is 0 Å². The minimum atomic E-state index is -3.76. The van der Waals surface area contributed by atoms with E-state index >= 15 is 0 Å². The highest BCUT2D eigenvalue weighted by Gasteiger charge is 2.33. The predicted molar refractivity (Wildman–Crippen MR) is 67.9 cm³/mol. The van der Waals surface area contributed by atoms with Crippen LogP contribution in [0.1, 0.15) is 17.4 Å². The number of nitrogens with zero attached hydrogens (tertiary/aromatic N) is 2. The van der Waals surface area contributed by atoms with Gasteiger partial charge in [0.15, 0.2) is 6.23 Å². The van der Waals surface area contributed by atoms with Gasteiger partial charge in [0.1, 0.15) is 6.61 Å². The van der Waals surface area contributed by atoms with Gasteiger partial charge in [-0.05, 0) is 12.1 Å². The molecule has 1 aromatic carbocycles. The molecule has 0 bridgehead atoms. The van der Waals surface area contributed by atoms with E-state index in [-0.39, 0.29) is 13.2 Å². The summed E-state index contributed by atoms with van der Waals surface area (Å²) in [6.07, 6.45) is -0.818. The third-order valence-electron chi connectivity index (χ3n) is 2.67. The molecule has 0 saturated carbocycles. The lowest BCUT2D eigenvalue weighted by atomic mass is 10.1. The zero-order valence-electron chi connectivity index (χ0n) is 10.6. The van der Waals surface area contributed by atoms with Crippen molar-refractivity contribution in [3.63, 3.8) is 0 Å². The minimum absolute atomic E-state index is 0.179. The lowest BCUT2D eigenvalue weighted by Crippen LogP contribution is -2.32. The molecule has 0 aromatic heterocycles. The Labute approximate surface area is 116 Å². The van der Waals surface area contributed by atoms with E-state index in [0.717, 1.165) is 6.26 Å². The maximum atomic E-state index is 11.6. The Bertz CT molecular complexity index is 647. The van der Waals surface area contributed by atoms with Gasteiger partial charge in [0.25, 0.3) is 10.1 Å². The molecule has 1 atom stereocenters. The average molecular weight is 296 g/mol. The maximum absolute atomic E-state index is 11.6. The van der Waals surface area contributed by atoms with Crippen LogP contribution in [0.2, 0.25) is 0 Å². The molecule has 1 amide bonds. The molecule has 2 rings (SSSR count). The summed E-state index contributed by atoms with van der Waals surface area (Å²) in [6, 6.07) is 8.09. The van der Waals surface area contributed by atoms with Gasteiger partial charge in [-0.2, -0.15) is 13.7 Å². The van der Waals surface area contributed by atoms with Crippen LogP contribution in [0.5, 0.6) is 0 Å². The first-order valence-corrected chi connectivity index (χ1v) is 7.54. The van der Waals surface area contributed by atoms with E-state index in [9.17, 15) is 13.2 Å². The molecular formula is C12H12N2O5S. The highest BCUT2D eigenvalue weighted by Crippen LogP contribution is 2.27. The highest BCUT2D eigenvalue weighted by atomic mass is 32.2. The van der Waals surface area contributed by atoms with Gasteiger partial charge in [0.05, 0.1) is 24.4 Å². The van der Waals surface area contributed by atoms with Crippen molar-refractivity contribution >= 4 is 16.2 Å². The van der Waals surface area contributed by atoms with Crippen LogP contribution >= 0.6 is 0 Å². The molecule has 0 radical (unpaired) electrons. The third kappa shape index (κ3) is 3.26. The Kier molecular flexibility index (Phi) is 3.92. The minimum Gasteiger partial charge on any atom is -0.447 e. The molecule has 0 N–H and O–H groups in total. The summed E-state index contributed by atoms with van der Waals surface area (Å²) in [4.78, 5) is 12.8. The number of amides is 1. The fraction of sp³-hybridized carbons (Fsp3) is 0.333. The summed E-state index contributed by atoms with van der Waals surface area (Å²) in [6.45, 7) is 0.414. The largest absolute Gasteiger partial charge is 0.447 e. The summed E-state index contributed by atoms with van der Waals surface area (Å²) in [5.41, 5.74) is 0.879. The van der Waals surface area contributed by atoms with Gasteiger partial charge < -0.3 is 4.74 Å². The Morgan fingerprint density at radius 1 is 1.40 bits per heavy atom. The number of hydrogen-bond donors (Lipinski definition) is 0. The van der Waals surface area contributed by atoms with Crippen molar-refractivity contribution in [1.82, 2.24) is 4.90 Å². The topological polar surface area (TPSA) is 96.7 Å². The first kappa shape index (κ1) is 14.3. The van der Waals surface area contributed by atoms with Crippen molar-refractivity contribution in [2.75, 3.05) is 19.4 Å². The van der Waals surface area contributed by atoms with Crippen LogP contribution in [0.25, 0.3) is 0 Å². The van der Waals surface area contributed by atoms with E-state index in [4.69, 9.17) is 14.2 Å². The Morgan fingerprint density at radius 2 is 2.05 bits per heavy atom. The van der Waals surface area contributed by atoms with Gasteiger partial charge in [0, 0.05) is 5.56 Å². The van der Waals surface area contributed by atoms with Crippen LogP contribution in [0, 0.1) is 11.3 Å². The van der Waals surface area contributed by atoms with E-state index in [1.165, 1.54) is 17.0 Å². The molecule has 0 unspecified atom stereocenters. The summed E-state index contributed by atoms with van der Waals surface area (Å²) >= 11 is 0. The number of rotatable bonds is 4. The van der Waals surface area contributed by atoms with Crippen molar-refractivity contribution in [3.8, 4) is 6.07 Å². The van der Waals surface area contributed by atoms with Gasteiger partial charge in [-0.3, -0.25) is 4.90 Å². The number of hydrogen-bond acceptors (Lipinski definition) is 6. The number of ether oxygens (including phenoxy) is 1. The van der Waals surface area contributed by atoms with E-state index < -0.39 is 22.4 Å². The Hall–Kier alpha value is -2.11. The van der Waals surface area contributed by atoms with Gasteiger partial charge >= 0.3 is 6.09 Å². The normalized spacial score (nSPS) is 16.6. The number of carbonyl (C=O) groups excluding carboxylic acids is 1. The fourth-order valence-corrected chi connectivity index (χ4v) is 2.34. The molecule has 7 nitrogen and oxygen atoms in total. The standard InChI is InChI=1S/C12H12N2O5S/c1-20(16,17)19-11(14-6-7-18-12(14)15)10-4-2-9(8-13)3-5-10/h2-5,11H,6-7H2,1H3/t11-/m1/s1. The summed E-state index contributed by atoms with van der Waals surface area (Å²) in [7, 11) is -3.76. The molecule has 1 aliphatic heterocycles. The van der Waals surface area contributed by atoms with E-state index in [1.807, 2.05) is 6.07 Å². The van der Waals surface area contributed by atoms with Gasteiger partial charge in [-0.25, -0.2) is 8.98 Å². The van der Waals surface area contributed by atoms with Crippen LogP contribution < -0.4 is 0 Å². The number of cyclic esters (lactones) is 1. The quantitative estimate of drug-likeness (QED) is 0.768. The average Bonchev–Trinajstić information content (AvgIpc) is 2.81. The number of carbonyl (C=O) groups is 1. The summed E-state index contributed by atoms with van der Waals surface area (Å²) in [5, 5.41) is 8.75. The molecule has 1 saturated heterocycles. The second kappa shape index (κ2) is 5.48. The first-order chi connectivity index (χ1) is 9.40. The van der Waals surface area contributed by atoms with Crippen LogP contribution in [0.3, 0.4) is 0 Å². The Balaban J connectivity index is 2.34. The smallest absolute Gasteiger partial charge is 0.412 e. The van der Waals surface area contributed by atoms with Crippen molar-refractivity contribution in [2.24, 2.45) is 0 Å².